The summed E-state index contributed by atoms with van der Waals surface area (Å²) in [6, 6.07) is 0. The first-order chi connectivity index (χ1) is 14.1. The topological polar surface area (TPSA) is 160 Å². The summed E-state index contributed by atoms with van der Waals surface area (Å²) in [7, 11) is 1.63. The van der Waals surface area contributed by atoms with Crippen molar-refractivity contribution < 1.29 is 33.3 Å². The molecule has 0 aliphatic carbocycles. The van der Waals surface area contributed by atoms with Crippen molar-refractivity contribution in [2.45, 2.75) is 45.3 Å². The van der Waals surface area contributed by atoms with Crippen molar-refractivity contribution in [2.75, 3.05) is 30.1 Å². The molecule has 0 aromatic carbocycles. The number of carbonyl (C=O) groups is 3. The van der Waals surface area contributed by atoms with Crippen LogP contribution in [0.2, 0.25) is 0 Å². The van der Waals surface area contributed by atoms with Crippen molar-refractivity contribution in [1.82, 2.24) is 9.97 Å². The van der Waals surface area contributed by atoms with E-state index < -0.39 is 53.7 Å². The van der Waals surface area contributed by atoms with Crippen LogP contribution in [0.15, 0.2) is 9.59 Å². The van der Waals surface area contributed by atoms with Crippen LogP contribution >= 0.6 is 0 Å². The predicted octanol–water partition coefficient (Wildman–Crippen LogP) is -1.57. The zero-order valence-electron chi connectivity index (χ0n) is 16.8. The van der Waals surface area contributed by atoms with Gasteiger partial charge in [0.25, 0.3) is 5.56 Å². The summed E-state index contributed by atoms with van der Waals surface area (Å²) in [4.78, 5) is 66.4. The van der Waals surface area contributed by atoms with Crippen LogP contribution in [0.3, 0.4) is 0 Å². The molecule has 0 radical (unpaired) electrons. The van der Waals surface area contributed by atoms with E-state index in [0.717, 1.165) is 0 Å². The average Bonchev–Trinajstić information content (AvgIpc) is 3.10. The van der Waals surface area contributed by atoms with Gasteiger partial charge < -0.3 is 28.7 Å². The highest BCUT2D eigenvalue weighted by Gasteiger charge is 2.53. The summed E-state index contributed by atoms with van der Waals surface area (Å²) in [5.41, 5.74) is -1.14. The lowest BCUT2D eigenvalue weighted by Gasteiger charge is -2.30. The highest BCUT2D eigenvalue weighted by Crippen LogP contribution is 2.37. The molecule has 2 aliphatic rings. The summed E-state index contributed by atoms with van der Waals surface area (Å²) in [6.07, 6.45) is -4.19. The van der Waals surface area contributed by atoms with E-state index in [1.165, 1.54) is 25.7 Å². The molecule has 0 unspecified atom stereocenters. The number of rotatable bonds is 5. The molecule has 0 bridgehead atoms. The number of ether oxygens (including phenoxy) is 4. The minimum Gasteiger partial charge on any atom is -0.463 e. The minimum absolute atomic E-state index is 0.105. The third-order valence-corrected chi connectivity index (χ3v) is 4.58. The Morgan fingerprint density at radius 3 is 2.27 bits per heavy atom. The number of anilines is 2. The summed E-state index contributed by atoms with van der Waals surface area (Å²) < 4.78 is 21.6. The van der Waals surface area contributed by atoms with Gasteiger partial charge in [-0.25, -0.2) is 4.79 Å². The highest BCUT2D eigenvalue weighted by atomic mass is 16.7. The fourth-order valence-electron chi connectivity index (χ4n) is 3.55. The number of hydrogen-bond donors (Lipinski definition) is 2. The molecule has 1 aromatic rings. The number of hydrogen-bond acceptors (Lipinski definition) is 11. The Labute approximate surface area is 169 Å². The van der Waals surface area contributed by atoms with Crippen molar-refractivity contribution in [3.05, 3.63) is 20.8 Å². The van der Waals surface area contributed by atoms with E-state index in [1.54, 1.807) is 11.9 Å². The first-order valence-electron chi connectivity index (χ1n) is 9.06. The first-order valence-corrected chi connectivity index (χ1v) is 9.06. The zero-order chi connectivity index (χ0) is 22.2. The van der Waals surface area contributed by atoms with Crippen molar-refractivity contribution in [1.29, 1.82) is 0 Å². The van der Waals surface area contributed by atoms with Gasteiger partial charge in [0.1, 0.15) is 24.2 Å². The number of aromatic amines is 2. The molecule has 3 rings (SSSR count). The standard InChI is InChI=1S/C17H22N4O9/c1-7(22)27-5-10-12(28-8(2)23)13(29-9(3)24)16(30-10)21-6-20(4)11-14(21)18-17(26)19-15(11)25/h10,12-13,16H,5-6H2,1-4H3,(H2,18,19,25,26)/t10-,12-,13-,16-/m1/s1. The molecule has 13 heteroatoms. The second-order valence-electron chi connectivity index (χ2n) is 6.93. The molecule has 0 amide bonds. The van der Waals surface area contributed by atoms with Gasteiger partial charge in [-0.1, -0.05) is 0 Å². The van der Waals surface area contributed by atoms with Gasteiger partial charge >= 0.3 is 23.6 Å². The summed E-state index contributed by atoms with van der Waals surface area (Å²) in [6.45, 7) is 3.41. The van der Waals surface area contributed by atoms with E-state index in [4.69, 9.17) is 18.9 Å². The van der Waals surface area contributed by atoms with E-state index in [9.17, 15) is 24.0 Å². The summed E-state index contributed by atoms with van der Waals surface area (Å²) in [5.74, 6) is -1.73. The van der Waals surface area contributed by atoms with Crippen LogP contribution in [0, 0.1) is 0 Å². The first kappa shape index (κ1) is 21.4. The number of fused-ring (bicyclic) bond motifs is 1. The van der Waals surface area contributed by atoms with Gasteiger partial charge in [0.15, 0.2) is 18.4 Å². The van der Waals surface area contributed by atoms with Crippen LogP contribution in [0.25, 0.3) is 0 Å². The van der Waals surface area contributed by atoms with Gasteiger partial charge in [-0.15, -0.1) is 0 Å². The minimum atomic E-state index is -1.12. The highest BCUT2D eigenvalue weighted by molar-refractivity contribution is 5.72. The van der Waals surface area contributed by atoms with E-state index >= 15 is 0 Å². The van der Waals surface area contributed by atoms with E-state index in [1.807, 2.05) is 0 Å². The maximum absolute atomic E-state index is 12.2. The molecule has 3 heterocycles. The Balaban J connectivity index is 2.01. The van der Waals surface area contributed by atoms with Crippen LogP contribution in [0.4, 0.5) is 11.5 Å². The van der Waals surface area contributed by atoms with Gasteiger partial charge in [0.05, 0.1) is 6.67 Å². The fourth-order valence-corrected chi connectivity index (χ4v) is 3.55. The van der Waals surface area contributed by atoms with Crippen LogP contribution in [-0.2, 0) is 33.3 Å². The molecule has 1 fully saturated rings. The number of carbonyl (C=O) groups excluding carboxylic acids is 3. The molecule has 13 nitrogen and oxygen atoms in total. The molecule has 1 saturated heterocycles. The van der Waals surface area contributed by atoms with Crippen LogP contribution in [0.5, 0.6) is 0 Å². The predicted molar refractivity (Wildman–Crippen MR) is 99.8 cm³/mol. The zero-order valence-corrected chi connectivity index (χ0v) is 16.8. The number of nitrogens with zero attached hydrogens (tertiary/aromatic N) is 2. The van der Waals surface area contributed by atoms with Gasteiger partial charge in [0.2, 0.25) is 0 Å². The van der Waals surface area contributed by atoms with E-state index in [0.29, 0.717) is 0 Å². The SMILES string of the molecule is CC(=O)OC[C@H]1O[C@@H](N2CN(C)c3c2[nH]c(=O)[nH]c3=O)[C@H](OC(C)=O)[C@@H]1OC(C)=O. The van der Waals surface area contributed by atoms with Crippen LogP contribution in [-0.4, -0.2) is 72.7 Å². The van der Waals surface area contributed by atoms with E-state index in [2.05, 4.69) is 9.97 Å². The maximum atomic E-state index is 12.2. The Hall–Kier alpha value is -3.35. The van der Waals surface area contributed by atoms with Gasteiger partial charge in [-0.05, 0) is 0 Å². The Morgan fingerprint density at radius 1 is 1.03 bits per heavy atom. The smallest absolute Gasteiger partial charge is 0.327 e. The maximum Gasteiger partial charge on any atom is 0.327 e. The second-order valence-corrected chi connectivity index (χ2v) is 6.93. The molecule has 164 valence electrons. The lowest BCUT2D eigenvalue weighted by Crippen LogP contribution is -2.48. The molecule has 4 atom stereocenters. The second kappa shape index (κ2) is 8.18. The summed E-state index contributed by atoms with van der Waals surface area (Å²) in [5, 5.41) is 0. The normalized spacial score (nSPS) is 25.1. The molecule has 2 N–H and O–H groups in total. The van der Waals surface area contributed by atoms with Crippen molar-refractivity contribution in [3.63, 3.8) is 0 Å². The Morgan fingerprint density at radius 2 is 1.67 bits per heavy atom. The number of esters is 3. The lowest BCUT2D eigenvalue weighted by atomic mass is 10.1. The monoisotopic (exact) mass is 426 g/mol. The van der Waals surface area contributed by atoms with Crippen LogP contribution in [0.1, 0.15) is 20.8 Å². The third kappa shape index (κ3) is 4.15. The lowest BCUT2D eigenvalue weighted by molar-refractivity contribution is -0.165. The molecule has 0 spiro atoms. The van der Waals surface area contributed by atoms with Gasteiger partial charge in [-0.2, -0.15) is 0 Å². The molecule has 1 aromatic heterocycles. The van der Waals surface area contributed by atoms with E-state index in [-0.39, 0.29) is 24.8 Å². The average molecular weight is 426 g/mol. The third-order valence-electron chi connectivity index (χ3n) is 4.58. The van der Waals surface area contributed by atoms with Crippen molar-refractivity contribution in [2.24, 2.45) is 0 Å². The fraction of sp³-hybridized carbons (Fsp3) is 0.588. The molecular weight excluding hydrogens is 404 g/mol. The van der Waals surface area contributed by atoms with Crippen LogP contribution < -0.4 is 21.0 Å². The van der Waals surface area contributed by atoms with Crippen molar-refractivity contribution >= 4 is 29.4 Å². The number of H-pyrrole nitrogens is 2. The Kier molecular flexibility index (Phi) is 5.82. The molecule has 2 aliphatic heterocycles. The number of aromatic nitrogens is 2. The molecule has 30 heavy (non-hydrogen) atoms. The molecular formula is C17H22N4O9. The largest absolute Gasteiger partial charge is 0.463 e. The van der Waals surface area contributed by atoms with Crippen molar-refractivity contribution in [3.8, 4) is 0 Å². The van der Waals surface area contributed by atoms with Gasteiger partial charge in [0, 0.05) is 27.8 Å². The molecule has 0 saturated carbocycles. The summed E-state index contributed by atoms with van der Waals surface area (Å²) >= 11 is 0. The Bertz CT molecular complexity index is 971. The van der Waals surface area contributed by atoms with Gasteiger partial charge in [-0.3, -0.25) is 29.1 Å². The number of nitrogens with one attached hydrogen (secondary N) is 2. The quantitative estimate of drug-likeness (QED) is 0.413.